The monoisotopic (exact) mass is 283 g/mol. The number of nitrogens with zero attached hydrogens (tertiary/aromatic N) is 2. The molecule has 0 aliphatic carbocycles. The summed E-state index contributed by atoms with van der Waals surface area (Å²) in [6.45, 7) is 1.75. The number of halogens is 3. The summed E-state index contributed by atoms with van der Waals surface area (Å²) < 4.78 is 43.0. The molecule has 1 aromatic carbocycles. The van der Waals surface area contributed by atoms with Gasteiger partial charge in [0.1, 0.15) is 11.6 Å². The van der Waals surface area contributed by atoms with Gasteiger partial charge in [-0.15, -0.1) is 10.2 Å². The molecule has 0 saturated carbocycles. The lowest BCUT2D eigenvalue weighted by atomic mass is 10.0. The summed E-state index contributed by atoms with van der Waals surface area (Å²) in [5.74, 6) is 0.333. The fourth-order valence-electron chi connectivity index (χ4n) is 1.84. The Morgan fingerprint density at radius 1 is 1.15 bits per heavy atom. The maximum Gasteiger partial charge on any atom is 0.416 e. The molecule has 2 aromatic rings. The lowest BCUT2D eigenvalue weighted by Gasteiger charge is -2.13. The summed E-state index contributed by atoms with van der Waals surface area (Å²) in [5, 5.41) is 7.63. The molecule has 0 spiro atoms. The third-order valence-electron chi connectivity index (χ3n) is 2.79. The number of hydrogen-bond acceptors (Lipinski definition) is 4. The predicted octanol–water partition coefficient (Wildman–Crippen LogP) is 3.06. The van der Waals surface area contributed by atoms with Crippen LogP contribution in [0.3, 0.4) is 0 Å². The van der Waals surface area contributed by atoms with Gasteiger partial charge in [0.25, 0.3) is 0 Å². The minimum atomic E-state index is -4.42. The van der Waals surface area contributed by atoms with Crippen molar-refractivity contribution in [3.63, 3.8) is 0 Å². The van der Waals surface area contributed by atoms with Crippen LogP contribution in [0.4, 0.5) is 19.0 Å². The van der Waals surface area contributed by atoms with E-state index in [0.717, 1.165) is 12.1 Å². The molecule has 0 unspecified atom stereocenters. The van der Waals surface area contributed by atoms with Gasteiger partial charge in [0.2, 0.25) is 0 Å². The van der Waals surface area contributed by atoms with Crippen molar-refractivity contribution in [1.29, 1.82) is 0 Å². The van der Waals surface area contributed by atoms with Gasteiger partial charge < -0.3 is 10.5 Å². The first kappa shape index (κ1) is 14.1. The zero-order valence-corrected chi connectivity index (χ0v) is 10.8. The second kappa shape index (κ2) is 4.99. The Balaban J connectivity index is 2.57. The van der Waals surface area contributed by atoms with Crippen molar-refractivity contribution in [2.45, 2.75) is 13.1 Å². The van der Waals surface area contributed by atoms with Crippen molar-refractivity contribution >= 4 is 5.82 Å². The van der Waals surface area contributed by atoms with Gasteiger partial charge >= 0.3 is 6.18 Å². The van der Waals surface area contributed by atoms with Gasteiger partial charge in [-0.1, -0.05) is 0 Å². The second-order valence-electron chi connectivity index (χ2n) is 4.21. The number of ether oxygens (including phenoxy) is 1. The van der Waals surface area contributed by atoms with Gasteiger partial charge in [-0.25, -0.2) is 0 Å². The van der Waals surface area contributed by atoms with E-state index in [1.165, 1.54) is 13.2 Å². The number of nitrogens with two attached hydrogens (primary N) is 1. The zero-order chi connectivity index (χ0) is 14.9. The van der Waals surface area contributed by atoms with Crippen LogP contribution >= 0.6 is 0 Å². The Bertz CT molecular complexity index is 641. The van der Waals surface area contributed by atoms with Gasteiger partial charge in [-0.3, -0.25) is 0 Å². The number of anilines is 1. The molecule has 0 aliphatic rings. The van der Waals surface area contributed by atoms with Crippen molar-refractivity contribution in [3.8, 4) is 17.0 Å². The van der Waals surface area contributed by atoms with Gasteiger partial charge in [-0.2, -0.15) is 13.2 Å². The highest BCUT2D eigenvalue weighted by atomic mass is 19.4. The third-order valence-corrected chi connectivity index (χ3v) is 2.79. The van der Waals surface area contributed by atoms with E-state index in [0.29, 0.717) is 16.8 Å². The van der Waals surface area contributed by atoms with Crippen LogP contribution in [0.1, 0.15) is 11.1 Å². The highest BCUT2D eigenvalue weighted by Gasteiger charge is 2.31. The summed E-state index contributed by atoms with van der Waals surface area (Å²) in [7, 11) is 1.30. The van der Waals surface area contributed by atoms with Gasteiger partial charge in [0.15, 0.2) is 0 Å². The summed E-state index contributed by atoms with van der Waals surface area (Å²) >= 11 is 0. The Morgan fingerprint density at radius 3 is 2.40 bits per heavy atom. The van der Waals surface area contributed by atoms with E-state index >= 15 is 0 Å². The number of rotatable bonds is 2. The molecule has 2 N–H and O–H groups in total. The predicted molar refractivity (Wildman–Crippen MR) is 68.2 cm³/mol. The molecule has 0 aliphatic heterocycles. The third kappa shape index (κ3) is 2.66. The van der Waals surface area contributed by atoms with Crippen LogP contribution in [-0.4, -0.2) is 17.3 Å². The van der Waals surface area contributed by atoms with E-state index < -0.39 is 11.7 Å². The zero-order valence-electron chi connectivity index (χ0n) is 10.8. The minimum Gasteiger partial charge on any atom is -0.496 e. The number of methoxy groups -OCH3 is 1. The van der Waals surface area contributed by atoms with Crippen molar-refractivity contribution in [3.05, 3.63) is 35.4 Å². The maximum absolute atomic E-state index is 12.7. The number of benzene rings is 1. The number of hydrogen-bond donors (Lipinski definition) is 1. The molecule has 0 amide bonds. The first-order chi connectivity index (χ1) is 9.32. The minimum absolute atomic E-state index is 0.0852. The standard InChI is InChI=1S/C13H12F3N3O/c1-7-5-11(17)18-19-12(7)9-4-3-8(13(14,15)16)6-10(9)20-2/h3-6H,1-2H3,(H2,17,18). The average molecular weight is 283 g/mol. The smallest absolute Gasteiger partial charge is 0.416 e. The second-order valence-corrected chi connectivity index (χ2v) is 4.21. The summed E-state index contributed by atoms with van der Waals surface area (Å²) in [6.07, 6.45) is -4.42. The van der Waals surface area contributed by atoms with Crippen LogP contribution in [0.15, 0.2) is 24.3 Å². The largest absolute Gasteiger partial charge is 0.496 e. The lowest BCUT2D eigenvalue weighted by Crippen LogP contribution is -2.06. The molecule has 0 saturated heterocycles. The number of aromatic nitrogens is 2. The quantitative estimate of drug-likeness (QED) is 0.920. The van der Waals surface area contributed by atoms with Crippen molar-refractivity contribution in [1.82, 2.24) is 10.2 Å². The highest BCUT2D eigenvalue weighted by molar-refractivity contribution is 5.70. The fraction of sp³-hybridized carbons (Fsp3) is 0.231. The molecular weight excluding hydrogens is 271 g/mol. The molecule has 0 atom stereocenters. The Kier molecular flexibility index (Phi) is 3.52. The highest BCUT2D eigenvalue weighted by Crippen LogP contribution is 2.37. The van der Waals surface area contributed by atoms with E-state index in [4.69, 9.17) is 10.5 Å². The van der Waals surface area contributed by atoms with Crippen LogP contribution < -0.4 is 10.5 Å². The molecule has 4 nitrogen and oxygen atoms in total. The van der Waals surface area contributed by atoms with Gasteiger partial charge in [-0.05, 0) is 36.8 Å². The van der Waals surface area contributed by atoms with Crippen molar-refractivity contribution in [2.24, 2.45) is 0 Å². The van der Waals surface area contributed by atoms with Gasteiger partial charge in [0, 0.05) is 5.56 Å². The maximum atomic E-state index is 12.7. The Hall–Kier alpha value is -2.31. The SMILES string of the molecule is COc1cc(C(F)(F)F)ccc1-c1nnc(N)cc1C. The fourth-order valence-corrected chi connectivity index (χ4v) is 1.84. The van der Waals surface area contributed by atoms with Crippen LogP contribution in [-0.2, 0) is 6.18 Å². The van der Waals surface area contributed by atoms with Crippen LogP contribution in [0.25, 0.3) is 11.3 Å². The van der Waals surface area contributed by atoms with E-state index in [1.54, 1.807) is 13.0 Å². The summed E-state index contributed by atoms with van der Waals surface area (Å²) in [4.78, 5) is 0. The van der Waals surface area contributed by atoms with Crippen LogP contribution in [0.5, 0.6) is 5.75 Å². The number of aryl methyl sites for hydroxylation is 1. The van der Waals surface area contributed by atoms with Crippen LogP contribution in [0.2, 0.25) is 0 Å². The van der Waals surface area contributed by atoms with E-state index in [2.05, 4.69) is 10.2 Å². The molecule has 0 radical (unpaired) electrons. The Labute approximate surface area is 113 Å². The van der Waals surface area contributed by atoms with Crippen LogP contribution in [0, 0.1) is 6.92 Å². The summed E-state index contributed by atoms with van der Waals surface area (Å²) in [6, 6.07) is 4.83. The first-order valence-electron chi connectivity index (χ1n) is 5.68. The molecular formula is C13H12F3N3O. The number of nitrogen functional groups attached to an aromatic ring is 1. The molecule has 106 valence electrons. The average Bonchev–Trinajstić information content (AvgIpc) is 2.37. The first-order valence-corrected chi connectivity index (χ1v) is 5.68. The molecule has 1 aromatic heterocycles. The Morgan fingerprint density at radius 2 is 1.85 bits per heavy atom. The van der Waals surface area contributed by atoms with Gasteiger partial charge in [0.05, 0.1) is 18.4 Å². The van der Waals surface area contributed by atoms with E-state index in [9.17, 15) is 13.2 Å². The molecule has 1 heterocycles. The normalized spacial score (nSPS) is 11.4. The number of alkyl halides is 3. The molecule has 0 bridgehead atoms. The van der Waals surface area contributed by atoms with E-state index in [1.807, 2.05) is 0 Å². The lowest BCUT2D eigenvalue weighted by molar-refractivity contribution is -0.137. The molecule has 20 heavy (non-hydrogen) atoms. The van der Waals surface area contributed by atoms with Crippen molar-refractivity contribution in [2.75, 3.05) is 12.8 Å². The topological polar surface area (TPSA) is 61.0 Å². The molecule has 0 fully saturated rings. The van der Waals surface area contributed by atoms with Crippen molar-refractivity contribution < 1.29 is 17.9 Å². The molecule has 7 heteroatoms. The van der Waals surface area contributed by atoms with E-state index in [-0.39, 0.29) is 11.6 Å². The molecule has 2 rings (SSSR count). The summed E-state index contributed by atoms with van der Waals surface area (Å²) in [5.41, 5.74) is 6.30.